The van der Waals surface area contributed by atoms with Crippen molar-refractivity contribution in [3.63, 3.8) is 0 Å². The molecule has 1 aromatic heterocycles. The average Bonchev–Trinajstić information content (AvgIpc) is 3.50. The van der Waals surface area contributed by atoms with E-state index in [1.807, 2.05) is 4.90 Å². The molecule has 2 rings (SSSR count). The Hall–Kier alpha value is -0.660. The summed E-state index contributed by atoms with van der Waals surface area (Å²) >= 11 is 1.74. The number of cyclic esters (lactones) is 1. The fraction of sp³-hybridized carbons (Fsp3) is 0.862. The maximum atomic E-state index is 12.1. The lowest BCUT2D eigenvalue weighted by Gasteiger charge is -2.12. The van der Waals surface area contributed by atoms with Crippen LogP contribution in [0.1, 0.15) is 122 Å². The normalized spacial score (nSPS) is 15.3. The van der Waals surface area contributed by atoms with Crippen LogP contribution in [-0.2, 0) is 16.0 Å². The summed E-state index contributed by atoms with van der Waals surface area (Å²) in [6.45, 7) is 6.19. The molecule has 0 saturated carbocycles. The van der Waals surface area contributed by atoms with Gasteiger partial charge < -0.3 is 31.4 Å². The second kappa shape index (κ2) is 23.5. The van der Waals surface area contributed by atoms with Gasteiger partial charge in [-0.2, -0.15) is 4.57 Å². The Morgan fingerprint density at radius 1 is 0.889 bits per heavy atom. The number of carbonyl (C=O) groups is 1. The van der Waals surface area contributed by atoms with Crippen LogP contribution in [-0.4, -0.2) is 43.4 Å². The number of ether oxygens (including phenoxy) is 2. The van der Waals surface area contributed by atoms with Crippen molar-refractivity contribution in [2.24, 2.45) is 0 Å². The van der Waals surface area contributed by atoms with Gasteiger partial charge in [0.2, 0.25) is 5.51 Å². The number of thiazole rings is 1. The van der Waals surface area contributed by atoms with E-state index in [-0.39, 0.29) is 29.2 Å². The van der Waals surface area contributed by atoms with Crippen molar-refractivity contribution in [1.82, 2.24) is 4.90 Å². The molecular weight excluding hydrogens is 536 g/mol. The summed E-state index contributed by atoms with van der Waals surface area (Å²) in [5.41, 5.74) is 2.15. The van der Waals surface area contributed by atoms with Crippen LogP contribution in [0.25, 0.3) is 0 Å². The highest BCUT2D eigenvalue weighted by Crippen LogP contribution is 2.15. The first kappa shape index (κ1) is 33.4. The van der Waals surface area contributed by atoms with E-state index in [9.17, 15) is 4.79 Å². The molecule has 5 nitrogen and oxygen atoms in total. The summed E-state index contributed by atoms with van der Waals surface area (Å²) in [7, 11) is 0. The van der Waals surface area contributed by atoms with Crippen LogP contribution in [0.4, 0.5) is 4.79 Å². The average molecular weight is 590 g/mol. The van der Waals surface area contributed by atoms with E-state index >= 15 is 0 Å². The van der Waals surface area contributed by atoms with E-state index < -0.39 is 0 Å². The molecular formula is C29H53BrN2O3S. The van der Waals surface area contributed by atoms with Gasteiger partial charge >= 0.3 is 6.09 Å². The number of rotatable bonds is 24. The number of carbonyl (C=O) groups excluding carboxylic acids is 1. The molecule has 0 radical (unpaired) electrons. The Balaban J connectivity index is 0.00000648. The molecule has 1 unspecified atom stereocenters. The zero-order chi connectivity index (χ0) is 24.8. The highest BCUT2D eigenvalue weighted by atomic mass is 79.9. The van der Waals surface area contributed by atoms with E-state index in [0.717, 1.165) is 39.0 Å². The van der Waals surface area contributed by atoms with E-state index in [4.69, 9.17) is 9.47 Å². The van der Waals surface area contributed by atoms with E-state index in [2.05, 4.69) is 28.6 Å². The molecule has 1 aliphatic rings. The predicted molar refractivity (Wildman–Crippen MR) is 146 cm³/mol. The Kier molecular flexibility index (Phi) is 21.7. The molecule has 0 spiro atoms. The number of amides is 1. The third kappa shape index (κ3) is 17.0. The number of hydrogen-bond acceptors (Lipinski definition) is 4. The lowest BCUT2D eigenvalue weighted by molar-refractivity contribution is -0.692. The summed E-state index contributed by atoms with van der Waals surface area (Å²) in [4.78, 5) is 13.9. The zero-order valence-corrected chi connectivity index (χ0v) is 25.4. The lowest BCUT2D eigenvalue weighted by Crippen LogP contribution is -3.00. The number of nitrogens with zero attached hydrogens (tertiary/aromatic N) is 2. The van der Waals surface area contributed by atoms with Gasteiger partial charge in [-0.25, -0.2) is 4.79 Å². The van der Waals surface area contributed by atoms with Crippen LogP contribution in [0.5, 0.6) is 0 Å². The number of unbranched alkanes of at least 4 members (excludes halogenated alkanes) is 16. The quantitative estimate of drug-likeness (QED) is 0.127. The first-order chi connectivity index (χ1) is 17.3. The van der Waals surface area contributed by atoms with E-state index in [1.54, 1.807) is 11.3 Å². The van der Waals surface area contributed by atoms with Gasteiger partial charge in [-0.1, -0.05) is 108 Å². The molecule has 36 heavy (non-hydrogen) atoms. The smallest absolute Gasteiger partial charge is 0.410 e. The molecule has 0 bridgehead atoms. The molecule has 1 amide bonds. The van der Waals surface area contributed by atoms with Crippen LogP contribution >= 0.6 is 11.3 Å². The standard InChI is InChI=1S/C29H53N2O3S.BrH/c1-2-3-4-5-6-7-8-9-10-11-12-13-16-19-23-33-26-28-25-31(29(32)34-28)21-18-15-14-17-20-30-22-24-35-27-30;/h22,24,27-28H,2-21,23,25-26H2,1H3;1H/q+1;/p-1. The highest BCUT2D eigenvalue weighted by molar-refractivity contribution is 7.07. The van der Waals surface area contributed by atoms with Crippen LogP contribution < -0.4 is 21.5 Å². The second-order valence-electron chi connectivity index (χ2n) is 10.3. The fourth-order valence-corrected chi connectivity index (χ4v) is 5.43. The molecule has 0 aromatic carbocycles. The fourth-order valence-electron chi connectivity index (χ4n) is 4.80. The molecule has 1 aliphatic heterocycles. The van der Waals surface area contributed by atoms with Crippen molar-refractivity contribution in [3.8, 4) is 0 Å². The van der Waals surface area contributed by atoms with Crippen LogP contribution in [0.2, 0.25) is 0 Å². The van der Waals surface area contributed by atoms with Crippen molar-refractivity contribution in [2.45, 2.75) is 135 Å². The Labute approximate surface area is 236 Å². The van der Waals surface area contributed by atoms with Gasteiger partial charge in [0.05, 0.1) is 18.5 Å². The van der Waals surface area contributed by atoms with Gasteiger partial charge in [0.15, 0.2) is 6.20 Å². The highest BCUT2D eigenvalue weighted by Gasteiger charge is 2.30. The number of aromatic nitrogens is 1. The van der Waals surface area contributed by atoms with Gasteiger partial charge in [0.25, 0.3) is 0 Å². The number of hydrogen-bond donors (Lipinski definition) is 0. The maximum Gasteiger partial charge on any atom is 0.410 e. The Bertz CT molecular complexity index is 618. The molecule has 1 saturated heterocycles. The lowest BCUT2D eigenvalue weighted by atomic mass is 10.0. The molecule has 0 N–H and O–H groups in total. The minimum absolute atomic E-state index is 0. The van der Waals surface area contributed by atoms with Gasteiger partial charge in [0.1, 0.15) is 12.6 Å². The summed E-state index contributed by atoms with van der Waals surface area (Å²) in [6.07, 6.45) is 25.7. The Morgan fingerprint density at radius 2 is 1.47 bits per heavy atom. The van der Waals surface area contributed by atoms with Gasteiger partial charge in [-0.3, -0.25) is 0 Å². The first-order valence-corrected chi connectivity index (χ1v) is 15.7. The summed E-state index contributed by atoms with van der Waals surface area (Å²) in [5.74, 6) is 0. The molecule has 2 heterocycles. The minimum atomic E-state index is -0.163. The molecule has 1 aromatic rings. The first-order valence-electron chi connectivity index (χ1n) is 14.7. The zero-order valence-electron chi connectivity index (χ0n) is 23.0. The molecule has 0 aliphatic carbocycles. The van der Waals surface area contributed by atoms with Gasteiger partial charge in [-0.15, -0.1) is 0 Å². The maximum absolute atomic E-state index is 12.1. The largest absolute Gasteiger partial charge is 1.00 e. The minimum Gasteiger partial charge on any atom is -1.00 e. The van der Waals surface area contributed by atoms with Gasteiger partial charge in [-0.05, 0) is 19.3 Å². The molecule has 7 heteroatoms. The van der Waals surface area contributed by atoms with Crippen LogP contribution in [0.3, 0.4) is 0 Å². The van der Waals surface area contributed by atoms with Crippen molar-refractivity contribution in [1.29, 1.82) is 0 Å². The third-order valence-electron chi connectivity index (χ3n) is 7.02. The van der Waals surface area contributed by atoms with Crippen LogP contribution in [0.15, 0.2) is 17.1 Å². The number of aryl methyl sites for hydroxylation is 1. The van der Waals surface area contributed by atoms with Crippen LogP contribution in [0, 0.1) is 0 Å². The molecule has 1 fully saturated rings. The Morgan fingerprint density at radius 3 is 2.08 bits per heavy atom. The second-order valence-corrected chi connectivity index (χ2v) is 11.1. The topological polar surface area (TPSA) is 42.7 Å². The van der Waals surface area contributed by atoms with Crippen molar-refractivity contribution in [2.75, 3.05) is 26.3 Å². The van der Waals surface area contributed by atoms with E-state index in [1.165, 1.54) is 96.3 Å². The molecule has 1 atom stereocenters. The summed E-state index contributed by atoms with van der Waals surface area (Å²) in [6, 6.07) is 0. The number of halogens is 1. The predicted octanol–water partition coefficient (Wildman–Crippen LogP) is 4.92. The molecule has 210 valence electrons. The van der Waals surface area contributed by atoms with Crippen molar-refractivity contribution in [3.05, 3.63) is 17.1 Å². The summed E-state index contributed by atoms with van der Waals surface area (Å²) < 4.78 is 13.5. The van der Waals surface area contributed by atoms with E-state index in [0.29, 0.717) is 13.2 Å². The summed E-state index contributed by atoms with van der Waals surface area (Å²) in [5, 5.41) is 2.11. The van der Waals surface area contributed by atoms with Crippen molar-refractivity contribution >= 4 is 17.4 Å². The monoisotopic (exact) mass is 588 g/mol. The van der Waals surface area contributed by atoms with Gasteiger partial charge in [0, 0.05) is 19.6 Å². The third-order valence-corrected chi connectivity index (χ3v) is 7.69. The van der Waals surface area contributed by atoms with Crippen molar-refractivity contribution < 1.29 is 35.8 Å². The SMILES string of the molecule is CCCCCCCCCCCCCCCCOCC1CN(CCCCCC[n+]2ccsc2)C(=O)O1.[Br-].